The van der Waals surface area contributed by atoms with Crippen LogP contribution in [-0.2, 0) is 0 Å². The largest absolute Gasteiger partial charge is 0.383 e. The lowest BCUT2D eigenvalue weighted by atomic mass is 10.4. The van der Waals surface area contributed by atoms with Crippen LogP contribution >= 0.6 is 22.7 Å². The molecule has 3 heterocycles. The van der Waals surface area contributed by atoms with Crippen LogP contribution < -0.4 is 5.73 Å². The Morgan fingerprint density at radius 3 is 2.93 bits per heavy atom. The minimum atomic E-state index is 0.532. The molecule has 0 bridgehead atoms. The normalized spacial score (nSPS) is 10.9. The molecular formula is C9H6N4S2. The fourth-order valence-electron chi connectivity index (χ4n) is 1.31. The van der Waals surface area contributed by atoms with Crippen molar-refractivity contribution in [3.63, 3.8) is 0 Å². The molecule has 0 aliphatic heterocycles. The van der Waals surface area contributed by atoms with Crippen molar-refractivity contribution in [2.24, 2.45) is 0 Å². The number of nitrogens with zero attached hydrogens (tertiary/aromatic N) is 3. The first-order valence-corrected chi connectivity index (χ1v) is 6.00. The maximum Gasteiger partial charge on any atom is 0.174 e. The van der Waals surface area contributed by atoms with Crippen LogP contribution in [0.2, 0.25) is 0 Å². The van der Waals surface area contributed by atoms with E-state index in [2.05, 4.69) is 15.0 Å². The molecule has 0 aliphatic rings. The van der Waals surface area contributed by atoms with E-state index in [0.29, 0.717) is 11.6 Å². The van der Waals surface area contributed by atoms with Crippen molar-refractivity contribution in [1.82, 2.24) is 15.0 Å². The summed E-state index contributed by atoms with van der Waals surface area (Å²) in [5.41, 5.74) is 7.60. The molecule has 0 saturated carbocycles. The Balaban J connectivity index is 2.29. The van der Waals surface area contributed by atoms with Crippen LogP contribution in [0.1, 0.15) is 0 Å². The minimum absolute atomic E-state index is 0.532. The van der Waals surface area contributed by atoms with Gasteiger partial charge in [0.15, 0.2) is 5.82 Å². The molecule has 3 aromatic heterocycles. The molecule has 0 fully saturated rings. The summed E-state index contributed by atoms with van der Waals surface area (Å²) in [5.74, 6) is 1.19. The molecule has 3 aromatic rings. The number of thiazole rings is 1. The van der Waals surface area contributed by atoms with Gasteiger partial charge in [-0.25, -0.2) is 9.97 Å². The van der Waals surface area contributed by atoms with E-state index >= 15 is 0 Å². The molecule has 6 heteroatoms. The average molecular weight is 234 g/mol. The Kier molecular flexibility index (Phi) is 1.90. The third-order valence-corrected chi connectivity index (χ3v) is 3.58. The van der Waals surface area contributed by atoms with Gasteiger partial charge >= 0.3 is 0 Å². The van der Waals surface area contributed by atoms with Gasteiger partial charge in [-0.1, -0.05) is 0 Å². The van der Waals surface area contributed by atoms with Crippen LogP contribution in [0.5, 0.6) is 0 Å². The number of aromatic nitrogens is 3. The first-order valence-electron chi connectivity index (χ1n) is 4.24. The summed E-state index contributed by atoms with van der Waals surface area (Å²) in [6.45, 7) is 0. The molecule has 2 N–H and O–H groups in total. The maximum atomic E-state index is 5.85. The van der Waals surface area contributed by atoms with Crippen LogP contribution in [0.25, 0.3) is 20.9 Å². The topological polar surface area (TPSA) is 64.7 Å². The summed E-state index contributed by atoms with van der Waals surface area (Å²) in [7, 11) is 0. The third-order valence-electron chi connectivity index (χ3n) is 2.01. The molecule has 0 radical (unpaired) electrons. The van der Waals surface area contributed by atoms with Crippen LogP contribution in [0.4, 0.5) is 5.82 Å². The van der Waals surface area contributed by atoms with E-state index in [1.165, 1.54) is 11.3 Å². The maximum absolute atomic E-state index is 5.85. The van der Waals surface area contributed by atoms with E-state index < -0.39 is 0 Å². The third kappa shape index (κ3) is 1.38. The highest BCUT2D eigenvalue weighted by molar-refractivity contribution is 7.16. The molecule has 0 saturated heterocycles. The van der Waals surface area contributed by atoms with Crippen molar-refractivity contribution < 1.29 is 0 Å². The van der Waals surface area contributed by atoms with Crippen molar-refractivity contribution in [2.75, 3.05) is 5.73 Å². The zero-order valence-corrected chi connectivity index (χ0v) is 9.18. The molecule has 0 spiro atoms. The molecule has 4 nitrogen and oxygen atoms in total. The number of nitrogens with two attached hydrogens (primary N) is 1. The number of nitrogen functional groups attached to an aromatic ring is 1. The van der Waals surface area contributed by atoms with E-state index in [-0.39, 0.29) is 0 Å². The van der Waals surface area contributed by atoms with E-state index in [4.69, 9.17) is 5.73 Å². The lowest BCUT2D eigenvalue weighted by molar-refractivity contribution is 1.25. The van der Waals surface area contributed by atoms with Crippen molar-refractivity contribution in [3.05, 3.63) is 23.2 Å². The van der Waals surface area contributed by atoms with Crippen LogP contribution in [-0.4, -0.2) is 15.0 Å². The number of hydrogen-bond donors (Lipinski definition) is 1. The predicted molar refractivity (Wildman–Crippen MR) is 62.9 cm³/mol. The second kappa shape index (κ2) is 3.25. The van der Waals surface area contributed by atoms with Gasteiger partial charge in [0, 0.05) is 6.20 Å². The van der Waals surface area contributed by atoms with Gasteiger partial charge in [-0.05, 0) is 11.4 Å². The van der Waals surface area contributed by atoms with Crippen molar-refractivity contribution in [3.8, 4) is 10.7 Å². The zero-order valence-electron chi connectivity index (χ0n) is 7.54. The fourth-order valence-corrected chi connectivity index (χ4v) is 2.64. The zero-order chi connectivity index (χ0) is 10.3. The van der Waals surface area contributed by atoms with Gasteiger partial charge in [-0.3, -0.25) is 4.98 Å². The highest BCUT2D eigenvalue weighted by Gasteiger charge is 2.08. The van der Waals surface area contributed by atoms with Crippen LogP contribution in [0, 0.1) is 0 Å². The van der Waals surface area contributed by atoms with Crippen LogP contribution in [0.15, 0.2) is 23.2 Å². The molecule has 0 aliphatic carbocycles. The number of anilines is 1. The van der Waals surface area contributed by atoms with Crippen LogP contribution in [0.3, 0.4) is 0 Å². The lowest BCUT2D eigenvalue weighted by Gasteiger charge is -1.98. The SMILES string of the molecule is Nc1nc(-c2cncs2)nc2sccc12. The Morgan fingerprint density at radius 1 is 1.20 bits per heavy atom. The first-order chi connectivity index (χ1) is 7.34. The van der Waals surface area contributed by atoms with Gasteiger partial charge < -0.3 is 5.73 Å². The summed E-state index contributed by atoms with van der Waals surface area (Å²) in [6, 6.07) is 1.94. The second-order valence-electron chi connectivity index (χ2n) is 2.94. The van der Waals surface area contributed by atoms with E-state index in [0.717, 1.165) is 15.1 Å². The van der Waals surface area contributed by atoms with Gasteiger partial charge in [-0.15, -0.1) is 22.7 Å². The van der Waals surface area contributed by atoms with E-state index in [1.807, 2.05) is 11.4 Å². The fraction of sp³-hybridized carbons (Fsp3) is 0. The Morgan fingerprint density at radius 2 is 2.13 bits per heavy atom. The smallest absolute Gasteiger partial charge is 0.174 e. The Hall–Kier alpha value is -1.53. The summed E-state index contributed by atoms with van der Waals surface area (Å²) in [6.07, 6.45) is 1.75. The standard InChI is InChI=1S/C9H6N4S2/c10-7-5-1-2-14-9(5)13-8(12-7)6-3-11-4-15-6/h1-4H,(H2,10,12,13). The molecule has 15 heavy (non-hydrogen) atoms. The van der Waals surface area contributed by atoms with Crippen molar-refractivity contribution in [2.45, 2.75) is 0 Å². The molecule has 0 unspecified atom stereocenters. The number of rotatable bonds is 1. The quantitative estimate of drug-likeness (QED) is 0.702. The molecule has 0 aromatic carbocycles. The summed E-state index contributed by atoms with van der Waals surface area (Å²) < 4.78 is 0. The molecule has 0 amide bonds. The highest BCUT2D eigenvalue weighted by atomic mass is 32.1. The number of thiophene rings is 1. The summed E-state index contributed by atoms with van der Waals surface area (Å²) in [4.78, 5) is 14.6. The second-order valence-corrected chi connectivity index (χ2v) is 4.72. The minimum Gasteiger partial charge on any atom is -0.383 e. The van der Waals surface area contributed by atoms with Gasteiger partial charge in [0.05, 0.1) is 15.8 Å². The predicted octanol–water partition coefficient (Wildman–Crippen LogP) is 2.40. The molecule has 74 valence electrons. The van der Waals surface area contributed by atoms with E-state index in [1.54, 1.807) is 23.0 Å². The highest BCUT2D eigenvalue weighted by Crippen LogP contribution is 2.27. The summed E-state index contributed by atoms with van der Waals surface area (Å²) in [5, 5.41) is 2.89. The molecule has 0 atom stereocenters. The summed E-state index contributed by atoms with van der Waals surface area (Å²) >= 11 is 3.07. The molecular weight excluding hydrogens is 228 g/mol. The lowest BCUT2D eigenvalue weighted by Crippen LogP contribution is -1.94. The van der Waals surface area contributed by atoms with Crippen molar-refractivity contribution in [1.29, 1.82) is 0 Å². The first kappa shape index (κ1) is 8.75. The van der Waals surface area contributed by atoms with Gasteiger partial charge in [-0.2, -0.15) is 0 Å². The monoisotopic (exact) mass is 234 g/mol. The number of hydrogen-bond acceptors (Lipinski definition) is 6. The number of fused-ring (bicyclic) bond motifs is 1. The van der Waals surface area contributed by atoms with Gasteiger partial charge in [0.2, 0.25) is 0 Å². The Labute approximate surface area is 93.4 Å². The van der Waals surface area contributed by atoms with Gasteiger partial charge in [0.1, 0.15) is 10.6 Å². The van der Waals surface area contributed by atoms with Gasteiger partial charge in [0.25, 0.3) is 0 Å². The van der Waals surface area contributed by atoms with E-state index in [9.17, 15) is 0 Å². The average Bonchev–Trinajstić information content (AvgIpc) is 2.88. The Bertz CT molecular complexity index is 600. The molecule has 3 rings (SSSR count). The van der Waals surface area contributed by atoms with Crippen molar-refractivity contribution >= 4 is 38.7 Å².